The van der Waals surface area contributed by atoms with Gasteiger partial charge < -0.3 is 14.2 Å². The van der Waals surface area contributed by atoms with Crippen LogP contribution in [-0.4, -0.2) is 25.8 Å². The Morgan fingerprint density at radius 3 is 1.91 bits per heavy atom. The number of aryl methyl sites for hydroxylation is 1. The molecular weight excluding hydrogens is 429 g/mol. The Kier molecular flexibility index (Phi) is 16.5. The Morgan fingerprint density at radius 2 is 1.33 bits per heavy atom. The van der Waals surface area contributed by atoms with Crippen molar-refractivity contribution in [2.24, 2.45) is 0 Å². The predicted octanol–water partition coefficient (Wildman–Crippen LogP) is 8.69. The van der Waals surface area contributed by atoms with Gasteiger partial charge in [0.2, 0.25) is 0 Å². The van der Waals surface area contributed by atoms with Crippen molar-refractivity contribution in [1.29, 1.82) is 0 Å². The lowest BCUT2D eigenvalue weighted by molar-refractivity contribution is -0.302. The van der Waals surface area contributed by atoms with Gasteiger partial charge in [0.25, 0.3) is 6.48 Å². The molecule has 0 amide bonds. The summed E-state index contributed by atoms with van der Waals surface area (Å²) in [7, 11) is 0. The van der Waals surface area contributed by atoms with Gasteiger partial charge in [0.15, 0.2) is 0 Å². The number of hydrogen-bond donors (Lipinski definition) is 0. The van der Waals surface area contributed by atoms with Crippen LogP contribution in [0.2, 0.25) is 0 Å². The van der Waals surface area contributed by atoms with Gasteiger partial charge in [-0.05, 0) is 51.2 Å². The van der Waals surface area contributed by atoms with Gasteiger partial charge in [-0.25, -0.2) is 0 Å². The Morgan fingerprint density at radius 1 is 0.758 bits per heavy atom. The average molecular weight is 475 g/mol. The van der Waals surface area contributed by atoms with Crippen molar-refractivity contribution in [2.75, 3.05) is 13.2 Å². The summed E-state index contributed by atoms with van der Waals surface area (Å²) in [6.45, 7) is 6.52. The molecule has 1 aromatic rings. The second kappa shape index (κ2) is 18.2. The number of benzene rings is 1. The molecule has 0 bridgehead atoms. The summed E-state index contributed by atoms with van der Waals surface area (Å²) in [6.07, 6.45) is 9.97. The Balaban J connectivity index is 2.42. The molecule has 0 radical (unpaired) electrons. The zero-order chi connectivity index (χ0) is 24.4. The van der Waals surface area contributed by atoms with E-state index in [4.69, 9.17) is 14.2 Å². The van der Waals surface area contributed by atoms with E-state index in [1.807, 2.05) is 13.8 Å². The Hall–Kier alpha value is -1.11. The third-order valence-electron chi connectivity index (χ3n) is 5.78. The molecule has 0 aromatic heterocycles. The Bertz CT molecular complexity index is 586. The first-order valence-electron chi connectivity index (χ1n) is 12.9. The van der Waals surface area contributed by atoms with Crippen molar-refractivity contribution >= 4 is 0 Å². The van der Waals surface area contributed by atoms with Crippen molar-refractivity contribution in [3.05, 3.63) is 35.4 Å². The average Bonchev–Trinajstić information content (AvgIpc) is 2.78. The highest BCUT2D eigenvalue weighted by Crippen LogP contribution is 2.30. The van der Waals surface area contributed by atoms with Crippen LogP contribution in [0.3, 0.4) is 0 Å². The molecule has 33 heavy (non-hydrogen) atoms. The fourth-order valence-corrected chi connectivity index (χ4v) is 3.95. The number of halogens is 3. The topological polar surface area (TPSA) is 27.7 Å². The SMILES string of the molecule is CCCCCCCCCC(CCCCCc1cccc(C(F)(F)F)c1)OC(OCC)OCC. The monoisotopic (exact) mass is 474 g/mol. The van der Waals surface area contributed by atoms with E-state index in [-0.39, 0.29) is 6.10 Å². The van der Waals surface area contributed by atoms with E-state index in [9.17, 15) is 13.2 Å². The molecule has 0 saturated heterocycles. The molecule has 0 aliphatic rings. The van der Waals surface area contributed by atoms with Crippen LogP contribution in [-0.2, 0) is 26.8 Å². The minimum Gasteiger partial charge on any atom is -0.330 e. The summed E-state index contributed by atoms with van der Waals surface area (Å²) in [6, 6.07) is 5.66. The van der Waals surface area contributed by atoms with E-state index >= 15 is 0 Å². The highest BCUT2D eigenvalue weighted by molar-refractivity contribution is 5.25. The summed E-state index contributed by atoms with van der Waals surface area (Å²) in [5.74, 6) is 0. The van der Waals surface area contributed by atoms with Gasteiger partial charge in [-0.15, -0.1) is 0 Å². The number of alkyl halides is 3. The van der Waals surface area contributed by atoms with Crippen LogP contribution in [0.15, 0.2) is 24.3 Å². The third kappa shape index (κ3) is 14.7. The summed E-state index contributed by atoms with van der Waals surface area (Å²) in [5.41, 5.74) is 0.175. The standard InChI is InChI=1S/C27H45F3O3/c1-4-7-8-9-10-11-14-20-25(33-26(31-5-2)32-6-3)21-15-12-13-17-23-18-16-19-24(22-23)27(28,29)30/h16,18-19,22,25-26H,4-15,17,20-21H2,1-3H3. The number of rotatable bonds is 20. The van der Waals surface area contributed by atoms with Crippen LogP contribution >= 0.6 is 0 Å². The van der Waals surface area contributed by atoms with Gasteiger partial charge >= 0.3 is 6.18 Å². The first-order chi connectivity index (χ1) is 15.9. The number of ether oxygens (including phenoxy) is 3. The van der Waals surface area contributed by atoms with Gasteiger partial charge in [-0.1, -0.05) is 82.9 Å². The lowest BCUT2D eigenvalue weighted by Gasteiger charge is -2.24. The quantitative estimate of drug-likeness (QED) is 0.140. The molecule has 0 spiro atoms. The lowest BCUT2D eigenvalue weighted by Crippen LogP contribution is -2.27. The van der Waals surface area contributed by atoms with Crippen LogP contribution in [0.1, 0.15) is 109 Å². The molecule has 0 N–H and O–H groups in total. The summed E-state index contributed by atoms with van der Waals surface area (Å²) < 4.78 is 55.9. The second-order valence-corrected chi connectivity index (χ2v) is 8.66. The molecule has 6 heteroatoms. The molecule has 0 aliphatic carbocycles. The molecule has 0 fully saturated rings. The predicted molar refractivity (Wildman–Crippen MR) is 128 cm³/mol. The van der Waals surface area contributed by atoms with Crippen molar-refractivity contribution in [3.63, 3.8) is 0 Å². The minimum atomic E-state index is -4.28. The molecule has 0 heterocycles. The number of unbranched alkanes of at least 4 members (excludes halogenated alkanes) is 8. The molecule has 3 nitrogen and oxygen atoms in total. The fourth-order valence-electron chi connectivity index (χ4n) is 3.95. The van der Waals surface area contributed by atoms with Gasteiger partial charge in [-0.3, -0.25) is 0 Å². The fraction of sp³-hybridized carbons (Fsp3) is 0.778. The molecule has 0 aliphatic heterocycles. The van der Waals surface area contributed by atoms with Crippen molar-refractivity contribution in [2.45, 2.75) is 123 Å². The Labute approximate surface area is 199 Å². The highest BCUT2D eigenvalue weighted by Gasteiger charge is 2.30. The van der Waals surface area contributed by atoms with Crippen molar-refractivity contribution in [3.8, 4) is 0 Å². The van der Waals surface area contributed by atoms with Crippen LogP contribution in [0.4, 0.5) is 13.2 Å². The van der Waals surface area contributed by atoms with Gasteiger partial charge in [-0.2, -0.15) is 13.2 Å². The third-order valence-corrected chi connectivity index (χ3v) is 5.78. The van der Waals surface area contributed by atoms with Crippen molar-refractivity contribution in [1.82, 2.24) is 0 Å². The van der Waals surface area contributed by atoms with E-state index in [1.54, 1.807) is 6.07 Å². The van der Waals surface area contributed by atoms with Crippen LogP contribution in [0, 0.1) is 0 Å². The molecule has 192 valence electrons. The molecule has 1 rings (SSSR count). The summed E-state index contributed by atoms with van der Waals surface area (Å²) in [4.78, 5) is 0. The zero-order valence-corrected chi connectivity index (χ0v) is 20.9. The van der Waals surface area contributed by atoms with Crippen LogP contribution in [0.5, 0.6) is 0 Å². The maximum atomic E-state index is 12.9. The first-order valence-corrected chi connectivity index (χ1v) is 12.9. The van der Waals surface area contributed by atoms with E-state index in [2.05, 4.69) is 6.92 Å². The molecular formula is C27H45F3O3. The maximum Gasteiger partial charge on any atom is 0.416 e. The normalized spacial score (nSPS) is 13.1. The lowest BCUT2D eigenvalue weighted by atomic mass is 10.0. The largest absolute Gasteiger partial charge is 0.416 e. The molecule has 1 aromatic carbocycles. The van der Waals surface area contributed by atoms with E-state index in [1.165, 1.54) is 50.7 Å². The molecule has 0 saturated carbocycles. The molecule has 1 unspecified atom stereocenters. The maximum absolute atomic E-state index is 12.9. The summed E-state index contributed by atoms with van der Waals surface area (Å²) >= 11 is 0. The molecule has 1 atom stereocenters. The van der Waals surface area contributed by atoms with Crippen molar-refractivity contribution < 1.29 is 27.4 Å². The van der Waals surface area contributed by atoms with Gasteiger partial charge in [0.1, 0.15) is 0 Å². The highest BCUT2D eigenvalue weighted by atomic mass is 19.4. The second-order valence-electron chi connectivity index (χ2n) is 8.66. The minimum absolute atomic E-state index is 0.0808. The van der Waals surface area contributed by atoms with E-state index in [0.717, 1.165) is 50.2 Å². The summed E-state index contributed by atoms with van der Waals surface area (Å²) in [5, 5.41) is 0. The van der Waals surface area contributed by atoms with E-state index < -0.39 is 18.2 Å². The first kappa shape index (κ1) is 29.9. The van der Waals surface area contributed by atoms with Crippen LogP contribution in [0.25, 0.3) is 0 Å². The zero-order valence-electron chi connectivity index (χ0n) is 20.9. The van der Waals surface area contributed by atoms with Crippen LogP contribution < -0.4 is 0 Å². The smallest absolute Gasteiger partial charge is 0.330 e. The van der Waals surface area contributed by atoms with Gasteiger partial charge in [0, 0.05) is 13.2 Å². The number of hydrogen-bond acceptors (Lipinski definition) is 3. The van der Waals surface area contributed by atoms with Gasteiger partial charge in [0.05, 0.1) is 11.7 Å². The van der Waals surface area contributed by atoms with E-state index in [0.29, 0.717) is 19.6 Å².